The molecule has 3 aromatic rings. The highest BCUT2D eigenvalue weighted by atomic mass is 32.2. The SMILES string of the molecule is Cc1nc(-c2ccc(N3CC(CN4CCN(S(=O)(=O)c5cccc(C(F)(F)F)c5)CC4)OC3C=O)cc2)no1. The van der Waals surface area contributed by atoms with Crippen LogP contribution >= 0.6 is 0 Å². The summed E-state index contributed by atoms with van der Waals surface area (Å²) in [5.41, 5.74) is 0.554. The highest BCUT2D eigenvalue weighted by molar-refractivity contribution is 7.89. The van der Waals surface area contributed by atoms with Crippen molar-refractivity contribution in [1.82, 2.24) is 19.3 Å². The Labute approximate surface area is 223 Å². The largest absolute Gasteiger partial charge is 0.416 e. The zero-order valence-electron chi connectivity index (χ0n) is 20.9. The van der Waals surface area contributed by atoms with E-state index in [0.717, 1.165) is 29.7 Å². The first-order valence-electron chi connectivity index (χ1n) is 12.2. The predicted molar refractivity (Wildman–Crippen MR) is 133 cm³/mol. The molecule has 0 spiro atoms. The molecule has 2 aliphatic heterocycles. The first kappa shape index (κ1) is 27.2. The van der Waals surface area contributed by atoms with Crippen molar-refractivity contribution in [3.05, 3.63) is 60.0 Å². The Morgan fingerprint density at radius 1 is 1.08 bits per heavy atom. The molecule has 2 aromatic carbocycles. The van der Waals surface area contributed by atoms with Gasteiger partial charge in [0.05, 0.1) is 16.6 Å². The molecule has 2 fully saturated rings. The molecule has 0 radical (unpaired) electrons. The number of sulfonamides is 1. The van der Waals surface area contributed by atoms with E-state index in [1.807, 2.05) is 34.1 Å². The van der Waals surface area contributed by atoms with E-state index in [9.17, 15) is 26.4 Å². The van der Waals surface area contributed by atoms with E-state index in [-0.39, 0.29) is 24.1 Å². The Kier molecular flexibility index (Phi) is 7.46. The summed E-state index contributed by atoms with van der Waals surface area (Å²) in [7, 11) is -4.07. The molecular formula is C25H26F3N5O5S. The minimum Gasteiger partial charge on any atom is -0.345 e. The van der Waals surface area contributed by atoms with Crippen molar-refractivity contribution in [2.24, 2.45) is 0 Å². The lowest BCUT2D eigenvalue weighted by Crippen LogP contribution is -2.50. The molecule has 2 saturated heterocycles. The van der Waals surface area contributed by atoms with Crippen molar-refractivity contribution in [2.75, 3.05) is 44.2 Å². The normalized spacial score (nSPS) is 21.4. The van der Waals surface area contributed by atoms with E-state index in [0.29, 0.717) is 44.0 Å². The Morgan fingerprint density at radius 3 is 2.41 bits per heavy atom. The number of aryl methyl sites for hydroxylation is 1. The first-order chi connectivity index (χ1) is 18.5. The van der Waals surface area contributed by atoms with Crippen LogP contribution in [0.3, 0.4) is 0 Å². The van der Waals surface area contributed by atoms with Gasteiger partial charge < -0.3 is 14.2 Å². The molecule has 39 heavy (non-hydrogen) atoms. The fourth-order valence-electron chi connectivity index (χ4n) is 4.74. The van der Waals surface area contributed by atoms with Gasteiger partial charge in [-0.15, -0.1) is 0 Å². The van der Waals surface area contributed by atoms with Crippen molar-refractivity contribution < 1.29 is 35.6 Å². The van der Waals surface area contributed by atoms with Gasteiger partial charge in [0.1, 0.15) is 0 Å². The fraction of sp³-hybridized carbons (Fsp3) is 0.400. The van der Waals surface area contributed by atoms with Gasteiger partial charge in [-0.2, -0.15) is 22.5 Å². The van der Waals surface area contributed by atoms with Crippen LogP contribution in [0.15, 0.2) is 57.9 Å². The number of carbonyl (C=O) groups is 1. The zero-order valence-corrected chi connectivity index (χ0v) is 21.7. The average molecular weight is 566 g/mol. The summed E-state index contributed by atoms with van der Waals surface area (Å²) in [4.78, 5) is 19.4. The van der Waals surface area contributed by atoms with Gasteiger partial charge in [0.15, 0.2) is 12.5 Å². The third-order valence-electron chi connectivity index (χ3n) is 6.73. The van der Waals surface area contributed by atoms with Gasteiger partial charge >= 0.3 is 6.18 Å². The number of rotatable bonds is 7. The van der Waals surface area contributed by atoms with Crippen LogP contribution in [0.2, 0.25) is 0 Å². The number of aldehydes is 1. The molecule has 2 unspecified atom stereocenters. The van der Waals surface area contributed by atoms with E-state index >= 15 is 0 Å². The van der Waals surface area contributed by atoms with E-state index in [4.69, 9.17) is 9.26 Å². The standard InChI is InChI=1S/C25H26F3N5O5S/c1-17-29-24(30-38-17)18-5-7-20(8-6-18)33-15-21(37-23(33)16-34)14-31-9-11-32(12-10-31)39(35,36)22-4-2-3-19(13-22)25(26,27)28/h2-8,13,16,21,23H,9-12,14-15H2,1H3. The summed E-state index contributed by atoms with van der Waals surface area (Å²) in [6, 6.07) is 11.1. The van der Waals surface area contributed by atoms with Crippen LogP contribution in [-0.2, 0) is 25.7 Å². The van der Waals surface area contributed by atoms with E-state index < -0.39 is 28.0 Å². The van der Waals surface area contributed by atoms with Gasteiger partial charge in [-0.3, -0.25) is 9.69 Å². The number of nitrogens with zero attached hydrogens (tertiary/aromatic N) is 5. The number of hydrogen-bond donors (Lipinski definition) is 0. The Balaban J connectivity index is 1.18. The van der Waals surface area contributed by atoms with Gasteiger partial charge in [-0.1, -0.05) is 11.2 Å². The quantitative estimate of drug-likeness (QED) is 0.400. The maximum atomic E-state index is 13.1. The molecule has 14 heteroatoms. The van der Waals surface area contributed by atoms with Crippen LogP contribution < -0.4 is 4.90 Å². The van der Waals surface area contributed by atoms with Crippen molar-refractivity contribution in [2.45, 2.75) is 30.3 Å². The second-order valence-corrected chi connectivity index (χ2v) is 11.3. The number of hydrogen-bond acceptors (Lipinski definition) is 9. The molecular weight excluding hydrogens is 539 g/mol. The number of benzene rings is 2. The van der Waals surface area contributed by atoms with Crippen LogP contribution in [-0.4, -0.2) is 85.7 Å². The first-order valence-corrected chi connectivity index (χ1v) is 13.7. The summed E-state index contributed by atoms with van der Waals surface area (Å²) >= 11 is 0. The lowest BCUT2D eigenvalue weighted by atomic mass is 10.1. The number of halogens is 3. The highest BCUT2D eigenvalue weighted by Gasteiger charge is 2.37. The van der Waals surface area contributed by atoms with Crippen LogP contribution in [0.5, 0.6) is 0 Å². The smallest absolute Gasteiger partial charge is 0.345 e. The van der Waals surface area contributed by atoms with Gasteiger partial charge in [0.25, 0.3) is 0 Å². The minimum absolute atomic E-state index is 0.128. The fourth-order valence-corrected chi connectivity index (χ4v) is 6.21. The van der Waals surface area contributed by atoms with Crippen molar-refractivity contribution in [3.63, 3.8) is 0 Å². The molecule has 0 aliphatic carbocycles. The summed E-state index contributed by atoms with van der Waals surface area (Å²) in [5, 5.41) is 3.90. The minimum atomic E-state index is -4.63. The van der Waals surface area contributed by atoms with Crippen molar-refractivity contribution in [3.8, 4) is 11.4 Å². The molecule has 2 atom stereocenters. The topological polar surface area (TPSA) is 109 Å². The highest BCUT2D eigenvalue weighted by Crippen LogP contribution is 2.32. The lowest BCUT2D eigenvalue weighted by Gasteiger charge is -2.35. The molecule has 1 aromatic heterocycles. The van der Waals surface area contributed by atoms with Crippen LogP contribution in [0.1, 0.15) is 11.5 Å². The second-order valence-electron chi connectivity index (χ2n) is 9.35. The maximum absolute atomic E-state index is 13.1. The Morgan fingerprint density at radius 2 is 1.79 bits per heavy atom. The van der Waals surface area contributed by atoms with Gasteiger partial charge in [0.2, 0.25) is 21.7 Å². The Hall–Kier alpha value is -3.33. The molecule has 0 N–H and O–H groups in total. The zero-order chi connectivity index (χ0) is 27.8. The number of ether oxygens (including phenoxy) is 1. The van der Waals surface area contributed by atoms with Crippen molar-refractivity contribution in [1.29, 1.82) is 0 Å². The summed E-state index contributed by atoms with van der Waals surface area (Å²) < 4.78 is 77.3. The van der Waals surface area contributed by atoms with Crippen LogP contribution in [0.4, 0.5) is 18.9 Å². The van der Waals surface area contributed by atoms with E-state index in [2.05, 4.69) is 10.1 Å². The van der Waals surface area contributed by atoms with Gasteiger partial charge in [-0.25, -0.2) is 8.42 Å². The molecule has 0 saturated carbocycles. The second kappa shape index (κ2) is 10.7. The summed E-state index contributed by atoms with van der Waals surface area (Å²) in [5.74, 6) is 0.927. The molecule has 10 nitrogen and oxygen atoms in total. The van der Waals surface area contributed by atoms with Crippen LogP contribution in [0.25, 0.3) is 11.4 Å². The maximum Gasteiger partial charge on any atom is 0.416 e. The molecule has 0 amide bonds. The number of anilines is 1. The summed E-state index contributed by atoms with van der Waals surface area (Å²) in [6.07, 6.45) is -4.97. The number of carbonyl (C=O) groups excluding carboxylic acids is 1. The molecule has 3 heterocycles. The Bertz CT molecular complexity index is 1420. The molecule has 208 valence electrons. The molecule has 0 bridgehead atoms. The lowest BCUT2D eigenvalue weighted by molar-refractivity contribution is -0.137. The van der Waals surface area contributed by atoms with E-state index in [1.54, 1.807) is 6.92 Å². The third kappa shape index (κ3) is 5.83. The summed E-state index contributed by atoms with van der Waals surface area (Å²) in [6.45, 7) is 3.64. The average Bonchev–Trinajstić information content (AvgIpc) is 3.54. The molecule has 5 rings (SSSR count). The van der Waals surface area contributed by atoms with Gasteiger partial charge in [-0.05, 0) is 42.5 Å². The monoisotopic (exact) mass is 565 g/mol. The number of aromatic nitrogens is 2. The van der Waals surface area contributed by atoms with E-state index in [1.165, 1.54) is 10.4 Å². The number of alkyl halides is 3. The van der Waals surface area contributed by atoms with Crippen molar-refractivity contribution >= 4 is 22.0 Å². The molecule has 2 aliphatic rings. The third-order valence-corrected chi connectivity index (χ3v) is 8.63. The number of piperazine rings is 1. The predicted octanol–water partition coefficient (Wildman–Crippen LogP) is 2.80. The van der Waals surface area contributed by atoms with Crippen LogP contribution in [0, 0.1) is 6.92 Å². The van der Waals surface area contributed by atoms with Gasteiger partial charge in [0, 0.05) is 57.4 Å².